The van der Waals surface area contributed by atoms with Gasteiger partial charge in [0, 0.05) is 0 Å². The van der Waals surface area contributed by atoms with Gasteiger partial charge in [0.2, 0.25) is 0 Å². The lowest BCUT2D eigenvalue weighted by Crippen LogP contribution is -2.13. The second-order valence-electron chi connectivity index (χ2n) is 4.71. The second kappa shape index (κ2) is 5.25. The Morgan fingerprint density at radius 3 is 2.33 bits per heavy atom. The molecule has 0 amide bonds. The van der Waals surface area contributed by atoms with Gasteiger partial charge in [0.15, 0.2) is 0 Å². The molecule has 0 aliphatic rings. The van der Waals surface area contributed by atoms with Gasteiger partial charge < -0.3 is 9.84 Å². The standard InChI is InChI=1S/C17H12O4/c18-16(19)10-17(20)21-13-8-7-12-6-5-11-3-1-2-4-14(11)15(12)9-13/h1-9H,10H2,(H,18,19). The fraction of sp³-hybridized carbons (Fsp3) is 0.0588. The van der Waals surface area contributed by atoms with Gasteiger partial charge in [0.25, 0.3) is 0 Å². The molecule has 3 rings (SSSR count). The largest absolute Gasteiger partial charge is 0.481 e. The first kappa shape index (κ1) is 13.1. The molecule has 0 saturated carbocycles. The van der Waals surface area contributed by atoms with Gasteiger partial charge in [-0.15, -0.1) is 0 Å². The summed E-state index contributed by atoms with van der Waals surface area (Å²) in [6.07, 6.45) is -0.645. The van der Waals surface area contributed by atoms with Gasteiger partial charge in [-0.05, 0) is 33.7 Å². The molecule has 4 heteroatoms. The van der Waals surface area contributed by atoms with E-state index in [-0.39, 0.29) is 0 Å². The molecule has 0 aliphatic carbocycles. The lowest BCUT2D eigenvalue weighted by molar-refractivity contribution is -0.145. The predicted octanol–water partition coefficient (Wildman–Crippen LogP) is 3.37. The molecule has 1 N–H and O–H groups in total. The van der Waals surface area contributed by atoms with Crippen molar-refractivity contribution in [3.63, 3.8) is 0 Å². The molecule has 104 valence electrons. The summed E-state index contributed by atoms with van der Waals surface area (Å²) >= 11 is 0. The Hall–Kier alpha value is -2.88. The highest BCUT2D eigenvalue weighted by molar-refractivity contribution is 6.08. The second-order valence-corrected chi connectivity index (χ2v) is 4.71. The van der Waals surface area contributed by atoms with E-state index in [0.29, 0.717) is 5.75 Å². The maximum atomic E-state index is 11.4. The Kier molecular flexibility index (Phi) is 3.28. The van der Waals surface area contributed by atoms with Crippen molar-refractivity contribution in [1.29, 1.82) is 0 Å². The summed E-state index contributed by atoms with van der Waals surface area (Å²) in [5, 5.41) is 12.7. The van der Waals surface area contributed by atoms with E-state index in [1.165, 1.54) is 0 Å². The van der Waals surface area contributed by atoms with E-state index in [9.17, 15) is 9.59 Å². The Labute approximate surface area is 120 Å². The third-order valence-electron chi connectivity index (χ3n) is 3.25. The van der Waals surface area contributed by atoms with E-state index >= 15 is 0 Å². The first-order valence-electron chi connectivity index (χ1n) is 6.47. The first-order chi connectivity index (χ1) is 10.1. The average molecular weight is 280 g/mol. The van der Waals surface area contributed by atoms with E-state index in [4.69, 9.17) is 9.84 Å². The Bertz CT molecular complexity index is 852. The van der Waals surface area contributed by atoms with Crippen molar-refractivity contribution in [3.05, 3.63) is 54.6 Å². The van der Waals surface area contributed by atoms with Crippen LogP contribution in [0.25, 0.3) is 21.5 Å². The number of hydrogen-bond donors (Lipinski definition) is 1. The first-order valence-corrected chi connectivity index (χ1v) is 6.47. The van der Waals surface area contributed by atoms with Gasteiger partial charge >= 0.3 is 11.9 Å². The molecule has 0 aromatic heterocycles. The minimum atomic E-state index is -1.20. The third kappa shape index (κ3) is 2.69. The van der Waals surface area contributed by atoms with Gasteiger partial charge in [-0.25, -0.2) is 0 Å². The molecular formula is C17H12O4. The highest BCUT2D eigenvalue weighted by Crippen LogP contribution is 2.28. The zero-order valence-corrected chi connectivity index (χ0v) is 11.1. The Morgan fingerprint density at radius 2 is 1.57 bits per heavy atom. The van der Waals surface area contributed by atoms with Gasteiger partial charge in [-0.3, -0.25) is 9.59 Å². The zero-order valence-electron chi connectivity index (χ0n) is 11.1. The van der Waals surface area contributed by atoms with E-state index < -0.39 is 18.4 Å². The molecule has 4 nitrogen and oxygen atoms in total. The quantitative estimate of drug-likeness (QED) is 0.346. The number of hydrogen-bond acceptors (Lipinski definition) is 3. The summed E-state index contributed by atoms with van der Waals surface area (Å²) in [6.45, 7) is 0. The van der Waals surface area contributed by atoms with Crippen molar-refractivity contribution in [3.8, 4) is 5.75 Å². The van der Waals surface area contributed by atoms with Crippen LogP contribution < -0.4 is 4.74 Å². The lowest BCUT2D eigenvalue weighted by atomic mass is 10.0. The molecular weight excluding hydrogens is 268 g/mol. The van der Waals surface area contributed by atoms with Crippen LogP contribution in [0.5, 0.6) is 5.75 Å². The molecule has 21 heavy (non-hydrogen) atoms. The van der Waals surface area contributed by atoms with Crippen LogP contribution in [0.1, 0.15) is 6.42 Å². The number of carbonyl (C=O) groups is 2. The monoisotopic (exact) mass is 280 g/mol. The molecule has 0 atom stereocenters. The fourth-order valence-electron chi connectivity index (χ4n) is 2.34. The molecule has 0 bridgehead atoms. The minimum Gasteiger partial charge on any atom is -0.481 e. The van der Waals surface area contributed by atoms with Gasteiger partial charge in [0.1, 0.15) is 12.2 Å². The number of benzene rings is 3. The lowest BCUT2D eigenvalue weighted by Gasteiger charge is -2.07. The van der Waals surface area contributed by atoms with Crippen molar-refractivity contribution in [1.82, 2.24) is 0 Å². The number of esters is 1. The third-order valence-corrected chi connectivity index (χ3v) is 3.25. The van der Waals surface area contributed by atoms with Gasteiger partial charge in [-0.1, -0.05) is 42.5 Å². The summed E-state index contributed by atoms with van der Waals surface area (Å²) < 4.78 is 5.06. The SMILES string of the molecule is O=C(O)CC(=O)Oc1ccc2ccc3ccccc3c2c1. The average Bonchev–Trinajstić information content (AvgIpc) is 2.46. The van der Waals surface area contributed by atoms with E-state index in [1.807, 2.05) is 42.5 Å². The molecule has 0 heterocycles. The van der Waals surface area contributed by atoms with E-state index in [0.717, 1.165) is 21.5 Å². The number of carboxylic acids is 1. The fourth-order valence-corrected chi connectivity index (χ4v) is 2.34. The summed E-state index contributed by atoms with van der Waals surface area (Å²) in [5.74, 6) is -1.63. The molecule has 0 spiro atoms. The summed E-state index contributed by atoms with van der Waals surface area (Å²) in [4.78, 5) is 21.9. The number of carboxylic acid groups (broad SMARTS) is 1. The highest BCUT2D eigenvalue weighted by Gasteiger charge is 2.11. The molecule has 0 aliphatic heterocycles. The van der Waals surface area contributed by atoms with Crippen LogP contribution in [-0.2, 0) is 9.59 Å². The van der Waals surface area contributed by atoms with Crippen molar-refractivity contribution in [2.45, 2.75) is 6.42 Å². The molecule has 0 unspecified atom stereocenters. The van der Waals surface area contributed by atoms with Crippen molar-refractivity contribution >= 4 is 33.5 Å². The van der Waals surface area contributed by atoms with Crippen LogP contribution in [0.4, 0.5) is 0 Å². The molecule has 3 aromatic rings. The van der Waals surface area contributed by atoms with Crippen LogP contribution in [-0.4, -0.2) is 17.0 Å². The number of ether oxygens (including phenoxy) is 1. The van der Waals surface area contributed by atoms with Crippen LogP contribution in [0, 0.1) is 0 Å². The van der Waals surface area contributed by atoms with Crippen LogP contribution in [0.2, 0.25) is 0 Å². The van der Waals surface area contributed by atoms with Crippen molar-refractivity contribution in [2.24, 2.45) is 0 Å². The molecule has 0 fully saturated rings. The smallest absolute Gasteiger partial charge is 0.322 e. The topological polar surface area (TPSA) is 63.6 Å². The Balaban J connectivity index is 2.04. The van der Waals surface area contributed by atoms with Crippen LogP contribution in [0.15, 0.2) is 54.6 Å². The highest BCUT2D eigenvalue weighted by atomic mass is 16.5. The van der Waals surface area contributed by atoms with E-state index in [1.54, 1.807) is 12.1 Å². The number of rotatable bonds is 3. The summed E-state index contributed by atoms with van der Waals surface area (Å²) in [7, 11) is 0. The van der Waals surface area contributed by atoms with Crippen molar-refractivity contribution in [2.75, 3.05) is 0 Å². The predicted molar refractivity (Wildman–Crippen MR) is 79.3 cm³/mol. The van der Waals surface area contributed by atoms with Gasteiger partial charge in [-0.2, -0.15) is 0 Å². The number of aliphatic carboxylic acids is 1. The number of fused-ring (bicyclic) bond motifs is 3. The zero-order chi connectivity index (χ0) is 14.8. The molecule has 0 saturated heterocycles. The van der Waals surface area contributed by atoms with E-state index in [2.05, 4.69) is 0 Å². The van der Waals surface area contributed by atoms with Crippen LogP contribution >= 0.6 is 0 Å². The maximum absolute atomic E-state index is 11.4. The normalized spacial score (nSPS) is 10.7. The minimum absolute atomic E-state index is 0.352. The molecule has 0 radical (unpaired) electrons. The summed E-state index contributed by atoms with van der Waals surface area (Å²) in [6, 6.07) is 17.2. The Morgan fingerprint density at radius 1 is 0.905 bits per heavy atom. The van der Waals surface area contributed by atoms with Gasteiger partial charge in [0.05, 0.1) is 0 Å². The number of carbonyl (C=O) groups excluding carboxylic acids is 1. The maximum Gasteiger partial charge on any atom is 0.322 e. The molecule has 3 aromatic carbocycles. The summed E-state index contributed by atoms with van der Waals surface area (Å²) in [5.41, 5.74) is 0. The van der Waals surface area contributed by atoms with Crippen LogP contribution in [0.3, 0.4) is 0 Å². The van der Waals surface area contributed by atoms with Crippen molar-refractivity contribution < 1.29 is 19.4 Å².